The molecule has 1 radical (unpaired) electrons. The van der Waals surface area contributed by atoms with Crippen molar-refractivity contribution in [2.45, 2.75) is 0 Å². The average Bonchev–Trinajstić information content (AvgIpc) is 0. The molecule has 0 aliphatic rings. The van der Waals surface area contributed by atoms with Crippen LogP contribution in [-0.4, -0.2) is 0 Å². The van der Waals surface area contributed by atoms with Crippen LogP contribution in [0.2, 0.25) is 0 Å². The van der Waals surface area contributed by atoms with Crippen molar-refractivity contribution in [1.82, 2.24) is 0 Å². The Balaban J connectivity index is 0. The molecular formula is H4Cl4FeMn. The van der Waals surface area contributed by atoms with E-state index in [1.54, 1.807) is 0 Å². The van der Waals surface area contributed by atoms with Crippen LogP contribution in [0.4, 0.5) is 0 Å². The predicted octanol–water partition coefficient (Wildman–Crippen LogP) is 1.68. The van der Waals surface area contributed by atoms with Crippen LogP contribution in [0.3, 0.4) is 0 Å². The normalized spacial score (nSPS) is 0. The third-order valence-corrected chi connectivity index (χ3v) is 0. The van der Waals surface area contributed by atoms with Gasteiger partial charge < -0.3 is 0 Å². The van der Waals surface area contributed by atoms with Crippen LogP contribution in [-0.2, 0) is 34.1 Å². The molecule has 0 atom stereocenters. The van der Waals surface area contributed by atoms with Crippen LogP contribution in [0.25, 0.3) is 0 Å². The van der Waals surface area contributed by atoms with E-state index in [4.69, 9.17) is 0 Å². The monoisotopic (exact) mass is 255 g/mol. The number of rotatable bonds is 0. The van der Waals surface area contributed by atoms with E-state index in [2.05, 4.69) is 0 Å². The Morgan fingerprint density at radius 3 is 0.500 bits per heavy atom. The zero-order chi connectivity index (χ0) is 0. The third kappa shape index (κ3) is 34.7. The van der Waals surface area contributed by atoms with E-state index in [-0.39, 0.29) is 83.8 Å². The fourth-order valence-electron chi connectivity index (χ4n) is 0. The molecule has 0 fully saturated rings. The molecule has 0 nitrogen and oxygen atoms in total. The minimum atomic E-state index is 0. The quantitative estimate of drug-likeness (QED) is 0.579. The van der Waals surface area contributed by atoms with Gasteiger partial charge in [0.15, 0.2) is 0 Å². The molecule has 47 valence electrons. The molecule has 0 saturated carbocycles. The minimum Gasteiger partial charge on any atom is -0.147 e. The van der Waals surface area contributed by atoms with E-state index in [1.165, 1.54) is 0 Å². The largest absolute Gasteiger partial charge is 0.147 e. The van der Waals surface area contributed by atoms with Gasteiger partial charge in [0.1, 0.15) is 0 Å². The summed E-state index contributed by atoms with van der Waals surface area (Å²) in [6, 6.07) is 0. The minimum absolute atomic E-state index is 0. The zero-order valence-electron chi connectivity index (χ0n) is 2.36. The van der Waals surface area contributed by atoms with Crippen molar-refractivity contribution in [3.8, 4) is 0 Å². The first-order valence-electron chi connectivity index (χ1n) is 0. The van der Waals surface area contributed by atoms with Crippen molar-refractivity contribution in [2.75, 3.05) is 0 Å². The van der Waals surface area contributed by atoms with E-state index in [1.807, 2.05) is 0 Å². The SMILES string of the molecule is Cl.Cl.Cl.Cl.[Fe].[Mn]. The van der Waals surface area contributed by atoms with Crippen LogP contribution in [0.1, 0.15) is 0 Å². The number of hydrogen-bond donors (Lipinski definition) is 0. The molecule has 0 spiro atoms. The Morgan fingerprint density at radius 1 is 0.500 bits per heavy atom. The van der Waals surface area contributed by atoms with Crippen LogP contribution >= 0.6 is 49.6 Å². The molecule has 0 aliphatic carbocycles. The van der Waals surface area contributed by atoms with Gasteiger partial charge in [-0.05, 0) is 0 Å². The molecule has 0 aromatic rings. The summed E-state index contributed by atoms with van der Waals surface area (Å²) in [7, 11) is 0. The van der Waals surface area contributed by atoms with E-state index in [0.717, 1.165) is 0 Å². The summed E-state index contributed by atoms with van der Waals surface area (Å²) in [6.45, 7) is 0. The smallest absolute Gasteiger partial charge is 0 e. The van der Waals surface area contributed by atoms with E-state index < -0.39 is 0 Å². The molecule has 0 unspecified atom stereocenters. The fourth-order valence-corrected chi connectivity index (χ4v) is 0. The number of hydrogen-bond acceptors (Lipinski definition) is 0. The molecule has 0 rings (SSSR count). The van der Waals surface area contributed by atoms with E-state index >= 15 is 0 Å². The van der Waals surface area contributed by atoms with E-state index in [0.29, 0.717) is 0 Å². The first kappa shape index (κ1) is 87.9. The second-order valence-corrected chi connectivity index (χ2v) is 0. The first-order chi connectivity index (χ1) is 0. The predicted molar refractivity (Wildman–Crippen MR) is 29.0 cm³/mol. The van der Waals surface area contributed by atoms with Crippen LogP contribution in [0.5, 0.6) is 0 Å². The van der Waals surface area contributed by atoms with Crippen LogP contribution < -0.4 is 0 Å². The molecule has 0 N–H and O–H groups in total. The molecule has 0 amide bonds. The fraction of sp³-hybridized carbons (Fsp3) is 0. The molecule has 0 bridgehead atoms. The van der Waals surface area contributed by atoms with E-state index in [9.17, 15) is 0 Å². The first-order valence-corrected chi connectivity index (χ1v) is 0. The second-order valence-electron chi connectivity index (χ2n) is 0. The Bertz CT molecular complexity index is 7.51. The van der Waals surface area contributed by atoms with Gasteiger partial charge in [-0.15, -0.1) is 49.6 Å². The third-order valence-electron chi connectivity index (χ3n) is 0. The van der Waals surface area contributed by atoms with Gasteiger partial charge in [0.05, 0.1) is 0 Å². The Labute approximate surface area is 83.2 Å². The molecule has 6 heavy (non-hydrogen) atoms. The maximum absolute atomic E-state index is 0. The van der Waals surface area contributed by atoms with Crippen molar-refractivity contribution in [1.29, 1.82) is 0 Å². The summed E-state index contributed by atoms with van der Waals surface area (Å²) in [5.74, 6) is 0. The Hall–Kier alpha value is 2.20. The van der Waals surface area contributed by atoms with Gasteiger partial charge in [-0.2, -0.15) is 0 Å². The maximum atomic E-state index is 0. The average molecular weight is 257 g/mol. The van der Waals surface area contributed by atoms with Gasteiger partial charge in [-0.1, -0.05) is 0 Å². The Morgan fingerprint density at radius 2 is 0.500 bits per heavy atom. The summed E-state index contributed by atoms with van der Waals surface area (Å²) < 4.78 is 0. The molecular weight excluding hydrogens is 253 g/mol. The zero-order valence-corrected chi connectivity index (χ0v) is 7.92. The second kappa shape index (κ2) is 57.2. The maximum Gasteiger partial charge on any atom is 0 e. The van der Waals surface area contributed by atoms with Gasteiger partial charge >= 0.3 is 0 Å². The summed E-state index contributed by atoms with van der Waals surface area (Å²) in [5, 5.41) is 0. The molecule has 0 saturated heterocycles. The van der Waals surface area contributed by atoms with Crippen molar-refractivity contribution in [2.24, 2.45) is 0 Å². The molecule has 6 heteroatoms. The van der Waals surface area contributed by atoms with Crippen molar-refractivity contribution < 1.29 is 34.1 Å². The van der Waals surface area contributed by atoms with Crippen molar-refractivity contribution in [3.63, 3.8) is 0 Å². The summed E-state index contributed by atoms with van der Waals surface area (Å²) in [4.78, 5) is 0. The summed E-state index contributed by atoms with van der Waals surface area (Å²) in [6.07, 6.45) is 0. The van der Waals surface area contributed by atoms with Crippen LogP contribution in [0.15, 0.2) is 0 Å². The van der Waals surface area contributed by atoms with Gasteiger partial charge in [-0.25, -0.2) is 0 Å². The molecule has 0 heterocycles. The Kier molecular flexibility index (Phi) is 838. The summed E-state index contributed by atoms with van der Waals surface area (Å²) >= 11 is 0. The number of halogens is 4. The van der Waals surface area contributed by atoms with Crippen LogP contribution in [0, 0.1) is 0 Å². The molecule has 0 aromatic heterocycles. The van der Waals surface area contributed by atoms with Gasteiger partial charge in [0, 0.05) is 34.1 Å². The summed E-state index contributed by atoms with van der Waals surface area (Å²) in [5.41, 5.74) is 0. The molecule has 0 aromatic carbocycles. The van der Waals surface area contributed by atoms with Gasteiger partial charge in [0.2, 0.25) is 0 Å². The van der Waals surface area contributed by atoms with Crippen molar-refractivity contribution >= 4 is 49.6 Å². The standard InChI is InChI=1S/4ClH.Fe.Mn/h4*1H;;. The molecule has 0 aliphatic heterocycles. The van der Waals surface area contributed by atoms with Gasteiger partial charge in [0.25, 0.3) is 0 Å². The van der Waals surface area contributed by atoms with Gasteiger partial charge in [-0.3, -0.25) is 0 Å². The van der Waals surface area contributed by atoms with Crippen molar-refractivity contribution in [3.05, 3.63) is 0 Å². The topological polar surface area (TPSA) is 0 Å².